The topological polar surface area (TPSA) is 80.5 Å². The summed E-state index contributed by atoms with van der Waals surface area (Å²) >= 11 is 0. The van der Waals surface area contributed by atoms with Gasteiger partial charge in [-0.1, -0.05) is 12.8 Å². The SMILES string of the molecule is CN=C(NCCCCCCC(=O)OC(C)(C)C)NCc1ccnn1C.I. The fourth-order valence-electron chi connectivity index (χ4n) is 2.32. The van der Waals surface area contributed by atoms with Crippen molar-refractivity contribution < 1.29 is 9.53 Å². The van der Waals surface area contributed by atoms with Gasteiger partial charge in [-0.15, -0.1) is 24.0 Å². The molecule has 150 valence electrons. The van der Waals surface area contributed by atoms with Crippen LogP contribution in [0.25, 0.3) is 0 Å². The van der Waals surface area contributed by atoms with E-state index in [9.17, 15) is 4.79 Å². The molecule has 1 aromatic rings. The van der Waals surface area contributed by atoms with Crippen LogP contribution in [-0.4, -0.2) is 40.9 Å². The van der Waals surface area contributed by atoms with Crippen molar-refractivity contribution in [3.05, 3.63) is 18.0 Å². The standard InChI is InChI=1S/C18H33N5O2.HI/c1-18(2,3)25-16(24)10-8-6-7-9-12-20-17(19-4)21-14-15-11-13-22-23(15)5;/h11,13H,6-10,12,14H2,1-5H3,(H2,19,20,21);1H. The van der Waals surface area contributed by atoms with E-state index in [1.54, 1.807) is 13.2 Å². The molecule has 0 saturated carbocycles. The van der Waals surface area contributed by atoms with Crippen LogP contribution in [0.1, 0.15) is 58.6 Å². The lowest BCUT2D eigenvalue weighted by molar-refractivity contribution is -0.154. The van der Waals surface area contributed by atoms with Crippen molar-refractivity contribution in [2.75, 3.05) is 13.6 Å². The number of carbonyl (C=O) groups is 1. The average molecular weight is 479 g/mol. The first-order valence-corrected chi connectivity index (χ1v) is 8.95. The van der Waals surface area contributed by atoms with Crippen molar-refractivity contribution in [1.29, 1.82) is 0 Å². The summed E-state index contributed by atoms with van der Waals surface area (Å²) in [4.78, 5) is 15.8. The van der Waals surface area contributed by atoms with Gasteiger partial charge in [0.05, 0.1) is 12.2 Å². The molecule has 0 aliphatic rings. The predicted octanol–water partition coefficient (Wildman–Crippen LogP) is 3.00. The van der Waals surface area contributed by atoms with Gasteiger partial charge < -0.3 is 15.4 Å². The molecule has 0 aliphatic heterocycles. The second kappa shape index (κ2) is 12.9. The molecule has 26 heavy (non-hydrogen) atoms. The van der Waals surface area contributed by atoms with Gasteiger partial charge in [-0.2, -0.15) is 5.10 Å². The van der Waals surface area contributed by atoms with E-state index in [4.69, 9.17) is 4.74 Å². The molecule has 0 amide bonds. The summed E-state index contributed by atoms with van der Waals surface area (Å²) < 4.78 is 7.13. The molecule has 0 aliphatic carbocycles. The second-order valence-electron chi connectivity index (χ2n) is 7.05. The highest BCUT2D eigenvalue weighted by atomic mass is 127. The minimum Gasteiger partial charge on any atom is -0.460 e. The maximum absolute atomic E-state index is 11.6. The number of hydrogen-bond acceptors (Lipinski definition) is 4. The molecule has 0 bridgehead atoms. The fraction of sp³-hybridized carbons (Fsp3) is 0.722. The monoisotopic (exact) mass is 479 g/mol. The maximum Gasteiger partial charge on any atom is 0.306 e. The molecule has 0 spiro atoms. The van der Waals surface area contributed by atoms with Crippen LogP contribution in [0.5, 0.6) is 0 Å². The van der Waals surface area contributed by atoms with Gasteiger partial charge in [0.25, 0.3) is 0 Å². The first-order chi connectivity index (χ1) is 11.8. The van der Waals surface area contributed by atoms with E-state index in [1.807, 2.05) is 38.6 Å². The number of nitrogens with one attached hydrogen (secondary N) is 2. The van der Waals surface area contributed by atoms with Gasteiger partial charge in [-0.05, 0) is 39.7 Å². The zero-order chi connectivity index (χ0) is 18.7. The molecule has 0 aromatic carbocycles. The Kier molecular flexibility index (Phi) is 12.3. The molecule has 7 nitrogen and oxygen atoms in total. The number of guanidine groups is 1. The maximum atomic E-state index is 11.6. The first kappa shape index (κ1) is 24.7. The summed E-state index contributed by atoms with van der Waals surface area (Å²) in [5.74, 6) is 0.681. The zero-order valence-corrected chi connectivity index (χ0v) is 19.0. The summed E-state index contributed by atoms with van der Waals surface area (Å²) in [6, 6.07) is 1.98. The number of aryl methyl sites for hydroxylation is 1. The zero-order valence-electron chi connectivity index (χ0n) is 16.7. The Morgan fingerprint density at radius 1 is 1.23 bits per heavy atom. The highest BCUT2D eigenvalue weighted by Crippen LogP contribution is 2.10. The van der Waals surface area contributed by atoms with Crippen molar-refractivity contribution in [2.24, 2.45) is 12.0 Å². The van der Waals surface area contributed by atoms with E-state index in [0.29, 0.717) is 13.0 Å². The van der Waals surface area contributed by atoms with Gasteiger partial charge in [0.1, 0.15) is 5.60 Å². The van der Waals surface area contributed by atoms with Gasteiger partial charge in [0.15, 0.2) is 5.96 Å². The molecule has 0 saturated heterocycles. The Bertz CT molecular complexity index is 552. The van der Waals surface area contributed by atoms with Crippen molar-refractivity contribution >= 4 is 35.9 Å². The second-order valence-corrected chi connectivity index (χ2v) is 7.05. The molecule has 0 atom stereocenters. The molecule has 8 heteroatoms. The van der Waals surface area contributed by atoms with Gasteiger partial charge in [0.2, 0.25) is 0 Å². The molecule has 1 aromatic heterocycles. The minimum absolute atomic E-state index is 0. The number of rotatable bonds is 9. The number of ether oxygens (including phenoxy) is 1. The van der Waals surface area contributed by atoms with Gasteiger partial charge in [0, 0.05) is 33.3 Å². The van der Waals surface area contributed by atoms with Gasteiger partial charge in [-0.25, -0.2) is 0 Å². The number of aliphatic imine (C=N–C) groups is 1. The Morgan fingerprint density at radius 3 is 2.50 bits per heavy atom. The first-order valence-electron chi connectivity index (χ1n) is 8.95. The highest BCUT2D eigenvalue weighted by Gasteiger charge is 2.15. The molecule has 0 radical (unpaired) electrons. The third kappa shape index (κ3) is 11.3. The van der Waals surface area contributed by atoms with E-state index in [-0.39, 0.29) is 35.5 Å². The molecule has 0 unspecified atom stereocenters. The molecule has 2 N–H and O–H groups in total. The molecular weight excluding hydrogens is 445 g/mol. The summed E-state index contributed by atoms with van der Waals surface area (Å²) in [6.45, 7) is 7.23. The molecule has 0 fully saturated rings. The van der Waals surface area contributed by atoms with E-state index in [2.05, 4.69) is 20.7 Å². The van der Waals surface area contributed by atoms with Gasteiger partial charge >= 0.3 is 5.97 Å². The predicted molar refractivity (Wildman–Crippen MR) is 116 cm³/mol. The van der Waals surface area contributed by atoms with Crippen LogP contribution in [0.4, 0.5) is 0 Å². The lowest BCUT2D eigenvalue weighted by atomic mass is 10.1. The number of nitrogens with zero attached hydrogens (tertiary/aromatic N) is 3. The van der Waals surface area contributed by atoms with Crippen LogP contribution in [0.15, 0.2) is 17.3 Å². The quantitative estimate of drug-likeness (QED) is 0.187. The smallest absolute Gasteiger partial charge is 0.306 e. The number of unbranched alkanes of at least 4 members (excludes halogenated alkanes) is 3. The molecule has 1 heterocycles. The van der Waals surface area contributed by atoms with Crippen molar-refractivity contribution in [2.45, 2.75) is 65.0 Å². The summed E-state index contributed by atoms with van der Waals surface area (Å²) in [5, 5.41) is 10.7. The van der Waals surface area contributed by atoms with Gasteiger partial charge in [-0.3, -0.25) is 14.5 Å². The summed E-state index contributed by atoms with van der Waals surface area (Å²) in [6.07, 6.45) is 6.31. The number of halogens is 1. The van der Waals surface area contributed by atoms with Crippen LogP contribution < -0.4 is 10.6 Å². The normalized spacial score (nSPS) is 11.7. The van der Waals surface area contributed by atoms with E-state index in [0.717, 1.165) is 43.9 Å². The van der Waals surface area contributed by atoms with Crippen LogP contribution in [0.3, 0.4) is 0 Å². The third-order valence-electron chi connectivity index (χ3n) is 3.60. The Hall–Kier alpha value is -1.32. The van der Waals surface area contributed by atoms with Crippen LogP contribution in [0, 0.1) is 0 Å². The van der Waals surface area contributed by atoms with Crippen molar-refractivity contribution in [3.8, 4) is 0 Å². The van der Waals surface area contributed by atoms with Crippen LogP contribution in [-0.2, 0) is 23.1 Å². The van der Waals surface area contributed by atoms with Crippen LogP contribution in [0.2, 0.25) is 0 Å². The molecular formula is C18H34IN5O2. The lowest BCUT2D eigenvalue weighted by Gasteiger charge is -2.19. The Labute approximate surface area is 174 Å². The Balaban J connectivity index is 0.00000625. The lowest BCUT2D eigenvalue weighted by Crippen LogP contribution is -2.37. The number of hydrogen-bond donors (Lipinski definition) is 2. The average Bonchev–Trinajstić information content (AvgIpc) is 2.92. The molecule has 1 rings (SSSR count). The Morgan fingerprint density at radius 2 is 1.92 bits per heavy atom. The third-order valence-corrected chi connectivity index (χ3v) is 3.60. The highest BCUT2D eigenvalue weighted by molar-refractivity contribution is 14.0. The van der Waals surface area contributed by atoms with Crippen LogP contribution >= 0.6 is 24.0 Å². The number of esters is 1. The van der Waals surface area contributed by atoms with E-state index in [1.165, 1.54) is 0 Å². The number of aromatic nitrogens is 2. The van der Waals surface area contributed by atoms with Crippen molar-refractivity contribution in [3.63, 3.8) is 0 Å². The summed E-state index contributed by atoms with van der Waals surface area (Å²) in [5.41, 5.74) is 0.712. The summed E-state index contributed by atoms with van der Waals surface area (Å²) in [7, 11) is 3.68. The van der Waals surface area contributed by atoms with E-state index >= 15 is 0 Å². The fourth-order valence-corrected chi connectivity index (χ4v) is 2.32. The number of carbonyl (C=O) groups excluding carboxylic acids is 1. The van der Waals surface area contributed by atoms with E-state index < -0.39 is 0 Å². The van der Waals surface area contributed by atoms with Crippen molar-refractivity contribution in [1.82, 2.24) is 20.4 Å². The minimum atomic E-state index is -0.390. The largest absolute Gasteiger partial charge is 0.460 e.